The first kappa shape index (κ1) is 31.4. The zero-order valence-corrected chi connectivity index (χ0v) is 27.0. The van der Waals surface area contributed by atoms with E-state index in [4.69, 9.17) is 16.3 Å². The molecular weight excluding hydrogens is 599 g/mol. The van der Waals surface area contributed by atoms with E-state index in [2.05, 4.69) is 71.9 Å². The van der Waals surface area contributed by atoms with Gasteiger partial charge in [-0.25, -0.2) is 9.40 Å². The standard InChI is InChI=1S/C32H35ClN8O2.ClH/c1-19-16-22(8-11-25(19)20(2)35-30(42)29-36-31(43-39-29)32(3,4)5)27-26-17-23(18-34-28(26)38-37-27)21-6-9-24(10-7-21)40-12-14-41(33)15-13-40;/h6-11,16-18,20H,12-15H2,1-5H3,(H,35,42)(H,34,37,38);1H/t20-;/m1./s1. The lowest BCUT2D eigenvalue weighted by Crippen LogP contribution is -2.42. The number of H-pyrrole nitrogens is 1. The fourth-order valence-corrected chi connectivity index (χ4v) is 5.51. The Labute approximate surface area is 267 Å². The molecule has 0 bridgehead atoms. The fraction of sp³-hybridized carbons (Fsp3) is 0.344. The van der Waals surface area contributed by atoms with E-state index >= 15 is 0 Å². The van der Waals surface area contributed by atoms with Crippen molar-refractivity contribution >= 4 is 46.8 Å². The Morgan fingerprint density at radius 3 is 2.39 bits per heavy atom. The predicted molar refractivity (Wildman–Crippen MR) is 175 cm³/mol. The van der Waals surface area contributed by atoms with Gasteiger partial charge in [-0.1, -0.05) is 50.2 Å². The Balaban J connectivity index is 0.00000384. The fourth-order valence-electron chi connectivity index (χ4n) is 5.36. The number of hydrogen-bond donors (Lipinski definition) is 2. The third-order valence-electron chi connectivity index (χ3n) is 7.84. The lowest BCUT2D eigenvalue weighted by molar-refractivity contribution is 0.0926. The number of carbonyl (C=O) groups excluding carboxylic acids is 1. The number of anilines is 1. The minimum atomic E-state index is -0.376. The van der Waals surface area contributed by atoms with E-state index < -0.39 is 0 Å². The summed E-state index contributed by atoms with van der Waals surface area (Å²) in [5, 5.41) is 15.4. The number of pyridine rings is 1. The Kier molecular flexibility index (Phi) is 8.97. The number of aromatic nitrogens is 5. The van der Waals surface area contributed by atoms with Crippen LogP contribution in [0.1, 0.15) is 61.4 Å². The van der Waals surface area contributed by atoms with Crippen molar-refractivity contribution in [3.8, 4) is 22.4 Å². The minimum absolute atomic E-state index is 0. The smallest absolute Gasteiger partial charge is 0.293 e. The summed E-state index contributed by atoms with van der Waals surface area (Å²) < 4.78 is 7.12. The SMILES string of the molecule is Cc1cc(-c2[nH]nc3ncc(-c4ccc(N5CCN(Cl)CC5)cc4)cc23)ccc1[C@@H](C)NC(=O)c1noc(C(C)(C)C)n1.Cl. The summed E-state index contributed by atoms with van der Waals surface area (Å²) in [5.41, 5.74) is 7.55. The van der Waals surface area contributed by atoms with E-state index in [-0.39, 0.29) is 35.6 Å². The molecule has 1 aliphatic heterocycles. The molecule has 10 nitrogen and oxygen atoms in total. The van der Waals surface area contributed by atoms with Crippen LogP contribution in [0.2, 0.25) is 0 Å². The van der Waals surface area contributed by atoms with Gasteiger partial charge in [-0.2, -0.15) is 10.1 Å². The number of hydrogen-bond acceptors (Lipinski definition) is 8. The van der Waals surface area contributed by atoms with Gasteiger partial charge in [-0.05, 0) is 66.6 Å². The highest BCUT2D eigenvalue weighted by atomic mass is 35.5. The maximum atomic E-state index is 12.8. The zero-order chi connectivity index (χ0) is 30.3. The molecule has 0 spiro atoms. The highest BCUT2D eigenvalue weighted by Gasteiger charge is 2.25. The number of fused-ring (bicyclic) bond motifs is 1. The number of nitrogens with zero attached hydrogens (tertiary/aromatic N) is 6. The lowest BCUT2D eigenvalue weighted by Gasteiger charge is -2.32. The third kappa shape index (κ3) is 6.43. The van der Waals surface area contributed by atoms with Gasteiger partial charge in [0.05, 0.1) is 11.7 Å². The number of aryl methyl sites for hydroxylation is 1. The Hall–Kier alpha value is -3.99. The van der Waals surface area contributed by atoms with Crippen molar-refractivity contribution in [2.24, 2.45) is 0 Å². The molecule has 6 rings (SSSR count). The van der Waals surface area contributed by atoms with Crippen molar-refractivity contribution in [2.75, 3.05) is 31.1 Å². The minimum Gasteiger partial charge on any atom is -0.369 e. The molecule has 5 aromatic rings. The molecule has 12 heteroatoms. The molecule has 2 N–H and O–H groups in total. The first-order valence-electron chi connectivity index (χ1n) is 14.4. The van der Waals surface area contributed by atoms with Crippen molar-refractivity contribution in [3.05, 3.63) is 77.6 Å². The van der Waals surface area contributed by atoms with E-state index in [0.717, 1.165) is 65.1 Å². The molecule has 44 heavy (non-hydrogen) atoms. The van der Waals surface area contributed by atoms with Crippen LogP contribution in [-0.4, -0.2) is 61.8 Å². The van der Waals surface area contributed by atoms with Crippen molar-refractivity contribution in [1.82, 2.24) is 35.1 Å². The average molecular weight is 636 g/mol. The number of halogens is 2. The molecular formula is C32H36Cl2N8O2. The summed E-state index contributed by atoms with van der Waals surface area (Å²) in [6, 6.07) is 16.6. The summed E-state index contributed by atoms with van der Waals surface area (Å²) in [4.78, 5) is 24.1. The number of piperazine rings is 1. The second kappa shape index (κ2) is 12.6. The lowest BCUT2D eigenvalue weighted by atomic mass is 9.97. The van der Waals surface area contributed by atoms with E-state index in [1.807, 2.05) is 57.4 Å². The van der Waals surface area contributed by atoms with Gasteiger partial charge in [0.15, 0.2) is 5.65 Å². The van der Waals surface area contributed by atoms with E-state index in [0.29, 0.717) is 11.5 Å². The molecule has 1 saturated heterocycles. The molecule has 1 amide bonds. The first-order valence-corrected chi connectivity index (χ1v) is 14.8. The number of carbonyl (C=O) groups is 1. The maximum Gasteiger partial charge on any atom is 0.293 e. The summed E-state index contributed by atoms with van der Waals surface area (Å²) >= 11 is 6.12. The average Bonchev–Trinajstić information content (AvgIpc) is 3.66. The molecule has 230 valence electrons. The van der Waals surface area contributed by atoms with Crippen molar-refractivity contribution in [2.45, 2.75) is 46.1 Å². The van der Waals surface area contributed by atoms with Crippen LogP contribution in [0.5, 0.6) is 0 Å². The quantitative estimate of drug-likeness (QED) is 0.204. The van der Waals surface area contributed by atoms with E-state index in [9.17, 15) is 4.79 Å². The van der Waals surface area contributed by atoms with Gasteiger partial charge in [0.25, 0.3) is 11.7 Å². The molecule has 3 aromatic heterocycles. The first-order chi connectivity index (χ1) is 20.6. The second-order valence-electron chi connectivity index (χ2n) is 12.1. The van der Waals surface area contributed by atoms with E-state index in [1.165, 1.54) is 5.69 Å². The van der Waals surface area contributed by atoms with Gasteiger partial charge < -0.3 is 14.7 Å². The molecule has 4 heterocycles. The van der Waals surface area contributed by atoms with Gasteiger partial charge >= 0.3 is 0 Å². The molecule has 0 aliphatic carbocycles. The van der Waals surface area contributed by atoms with Crippen LogP contribution in [0, 0.1) is 6.92 Å². The summed E-state index contributed by atoms with van der Waals surface area (Å²) in [6.07, 6.45) is 1.86. The highest BCUT2D eigenvalue weighted by Crippen LogP contribution is 2.32. The topological polar surface area (TPSA) is 116 Å². The predicted octanol–water partition coefficient (Wildman–Crippen LogP) is 6.47. The van der Waals surface area contributed by atoms with Gasteiger partial charge in [-0.3, -0.25) is 9.89 Å². The van der Waals surface area contributed by atoms with Crippen LogP contribution in [0.4, 0.5) is 5.69 Å². The van der Waals surface area contributed by atoms with Gasteiger partial charge in [0.2, 0.25) is 5.89 Å². The molecule has 1 fully saturated rings. The third-order valence-corrected chi connectivity index (χ3v) is 8.18. The second-order valence-corrected chi connectivity index (χ2v) is 12.6. The van der Waals surface area contributed by atoms with Crippen molar-refractivity contribution in [3.63, 3.8) is 0 Å². The van der Waals surface area contributed by atoms with Crippen LogP contribution in [0.25, 0.3) is 33.4 Å². The summed E-state index contributed by atoms with van der Waals surface area (Å²) in [5.74, 6) is 0.0787. The molecule has 0 unspecified atom stereocenters. The monoisotopic (exact) mass is 634 g/mol. The van der Waals surface area contributed by atoms with Crippen LogP contribution in [-0.2, 0) is 5.41 Å². The number of rotatable bonds is 6. The number of nitrogens with one attached hydrogen (secondary N) is 2. The maximum absolute atomic E-state index is 12.8. The number of aromatic amines is 1. The number of benzene rings is 2. The van der Waals surface area contributed by atoms with Crippen molar-refractivity contribution in [1.29, 1.82) is 0 Å². The molecule has 0 radical (unpaired) electrons. The molecule has 1 aliphatic rings. The summed E-state index contributed by atoms with van der Waals surface area (Å²) in [7, 11) is 0. The van der Waals surface area contributed by atoms with Gasteiger partial charge in [-0.15, -0.1) is 12.4 Å². The van der Waals surface area contributed by atoms with Crippen LogP contribution < -0.4 is 10.2 Å². The van der Waals surface area contributed by atoms with Crippen LogP contribution in [0.15, 0.2) is 59.3 Å². The zero-order valence-electron chi connectivity index (χ0n) is 25.4. The molecule has 1 atom stereocenters. The van der Waals surface area contributed by atoms with Crippen LogP contribution in [0.3, 0.4) is 0 Å². The van der Waals surface area contributed by atoms with Gasteiger partial charge in [0.1, 0.15) is 0 Å². The number of amides is 1. The van der Waals surface area contributed by atoms with E-state index in [1.54, 1.807) is 0 Å². The molecule has 2 aromatic carbocycles. The Bertz CT molecular complexity index is 1770. The largest absolute Gasteiger partial charge is 0.369 e. The normalized spacial score (nSPS) is 14.8. The van der Waals surface area contributed by atoms with Gasteiger partial charge in [0, 0.05) is 60.0 Å². The Morgan fingerprint density at radius 2 is 1.73 bits per heavy atom. The highest BCUT2D eigenvalue weighted by molar-refractivity contribution is 6.13. The summed E-state index contributed by atoms with van der Waals surface area (Å²) in [6.45, 7) is 13.4. The molecule has 0 saturated carbocycles. The van der Waals surface area contributed by atoms with Crippen LogP contribution >= 0.6 is 24.2 Å². The Morgan fingerprint density at radius 1 is 1.02 bits per heavy atom. The van der Waals surface area contributed by atoms with Crippen molar-refractivity contribution < 1.29 is 9.32 Å².